The number of hydrogen-bond donors (Lipinski definition) is 1. The van der Waals surface area contributed by atoms with Gasteiger partial charge in [-0.3, -0.25) is 4.79 Å². The molecule has 2 rings (SSSR count). The molecule has 1 aliphatic heterocycles. The van der Waals surface area contributed by atoms with Gasteiger partial charge in [0.15, 0.2) is 0 Å². The lowest BCUT2D eigenvalue weighted by Gasteiger charge is -2.30. The average Bonchev–Trinajstić information content (AvgIpc) is 2.30. The third-order valence-corrected chi connectivity index (χ3v) is 2.57. The second kappa shape index (κ2) is 4.99. The molecular weight excluding hydrogens is 204 g/mol. The van der Waals surface area contributed by atoms with Gasteiger partial charge >= 0.3 is 0 Å². The van der Waals surface area contributed by atoms with Crippen LogP contribution < -0.4 is 10.2 Å². The van der Waals surface area contributed by atoms with Crippen LogP contribution in [-0.2, 0) is 9.53 Å². The summed E-state index contributed by atoms with van der Waals surface area (Å²) in [5, 5.41) is 2.85. The molecule has 4 nitrogen and oxygen atoms in total. The lowest BCUT2D eigenvalue weighted by Crippen LogP contribution is -2.36. The molecule has 1 heterocycles. The van der Waals surface area contributed by atoms with Gasteiger partial charge in [-0.1, -0.05) is 12.1 Å². The fourth-order valence-electron chi connectivity index (χ4n) is 1.85. The lowest BCUT2D eigenvalue weighted by atomic mass is 10.2. The van der Waals surface area contributed by atoms with Gasteiger partial charge in [-0.15, -0.1) is 0 Å². The number of carbonyl (C=O) groups excluding carboxylic acids is 1. The predicted octanol–water partition coefficient (Wildman–Crippen LogP) is 1.48. The van der Waals surface area contributed by atoms with Crippen molar-refractivity contribution in [3.8, 4) is 0 Å². The van der Waals surface area contributed by atoms with Crippen LogP contribution in [0, 0.1) is 0 Å². The Morgan fingerprint density at radius 1 is 1.31 bits per heavy atom. The molecule has 0 spiro atoms. The summed E-state index contributed by atoms with van der Waals surface area (Å²) in [4.78, 5) is 13.3. The zero-order chi connectivity index (χ0) is 11.4. The van der Waals surface area contributed by atoms with E-state index in [4.69, 9.17) is 4.74 Å². The first-order valence-electron chi connectivity index (χ1n) is 5.46. The Morgan fingerprint density at radius 3 is 2.69 bits per heavy atom. The maximum atomic E-state index is 11.1. The van der Waals surface area contributed by atoms with Gasteiger partial charge in [-0.05, 0) is 12.1 Å². The number of para-hydroxylation sites is 2. The Morgan fingerprint density at radius 2 is 2.00 bits per heavy atom. The first-order chi connectivity index (χ1) is 7.77. The van der Waals surface area contributed by atoms with Crippen molar-refractivity contribution in [1.82, 2.24) is 0 Å². The number of nitrogens with one attached hydrogen (secondary N) is 1. The molecule has 0 atom stereocenters. The van der Waals surface area contributed by atoms with Crippen LogP contribution in [0.2, 0.25) is 0 Å². The normalized spacial score (nSPS) is 15.9. The van der Waals surface area contributed by atoms with Gasteiger partial charge in [-0.2, -0.15) is 0 Å². The third-order valence-electron chi connectivity index (χ3n) is 2.57. The minimum Gasteiger partial charge on any atom is -0.378 e. The smallest absolute Gasteiger partial charge is 0.221 e. The first kappa shape index (κ1) is 11.0. The van der Waals surface area contributed by atoms with E-state index in [1.165, 1.54) is 6.92 Å². The molecule has 0 radical (unpaired) electrons. The Balaban J connectivity index is 2.20. The summed E-state index contributed by atoms with van der Waals surface area (Å²) in [7, 11) is 0. The fraction of sp³-hybridized carbons (Fsp3) is 0.417. The molecule has 4 heteroatoms. The second-order valence-electron chi connectivity index (χ2n) is 3.80. The van der Waals surface area contributed by atoms with E-state index in [1.807, 2.05) is 24.3 Å². The summed E-state index contributed by atoms with van der Waals surface area (Å²) in [6.45, 7) is 4.76. The maximum Gasteiger partial charge on any atom is 0.221 e. The minimum atomic E-state index is -0.0410. The monoisotopic (exact) mass is 220 g/mol. The van der Waals surface area contributed by atoms with Gasteiger partial charge in [0.1, 0.15) is 0 Å². The van der Waals surface area contributed by atoms with Gasteiger partial charge in [0.05, 0.1) is 24.6 Å². The molecule has 1 aromatic rings. The van der Waals surface area contributed by atoms with E-state index in [-0.39, 0.29) is 5.91 Å². The fourth-order valence-corrected chi connectivity index (χ4v) is 1.85. The van der Waals surface area contributed by atoms with Gasteiger partial charge in [0.2, 0.25) is 5.91 Å². The highest BCUT2D eigenvalue weighted by atomic mass is 16.5. The summed E-state index contributed by atoms with van der Waals surface area (Å²) in [6.07, 6.45) is 0. The molecule has 1 aromatic carbocycles. The van der Waals surface area contributed by atoms with Gasteiger partial charge in [-0.25, -0.2) is 0 Å². The molecule has 1 N–H and O–H groups in total. The van der Waals surface area contributed by atoms with E-state index in [0.29, 0.717) is 0 Å². The number of amides is 1. The van der Waals surface area contributed by atoms with Crippen molar-refractivity contribution in [2.45, 2.75) is 6.92 Å². The zero-order valence-corrected chi connectivity index (χ0v) is 9.40. The van der Waals surface area contributed by atoms with Crippen molar-refractivity contribution in [2.75, 3.05) is 36.5 Å². The highest BCUT2D eigenvalue weighted by molar-refractivity contribution is 5.92. The summed E-state index contributed by atoms with van der Waals surface area (Å²) in [6, 6.07) is 7.86. The second-order valence-corrected chi connectivity index (χ2v) is 3.80. The number of benzene rings is 1. The van der Waals surface area contributed by atoms with E-state index < -0.39 is 0 Å². The highest BCUT2D eigenvalue weighted by Crippen LogP contribution is 2.26. The molecule has 0 aromatic heterocycles. The molecule has 86 valence electrons. The molecule has 16 heavy (non-hydrogen) atoms. The van der Waals surface area contributed by atoms with E-state index >= 15 is 0 Å². The molecule has 1 aliphatic rings. The summed E-state index contributed by atoms with van der Waals surface area (Å²) in [5.74, 6) is -0.0410. The lowest BCUT2D eigenvalue weighted by molar-refractivity contribution is -0.114. The van der Waals surface area contributed by atoms with E-state index in [0.717, 1.165) is 37.7 Å². The van der Waals surface area contributed by atoms with Crippen LogP contribution in [0.15, 0.2) is 24.3 Å². The van der Waals surface area contributed by atoms with Crippen molar-refractivity contribution in [3.63, 3.8) is 0 Å². The van der Waals surface area contributed by atoms with E-state index in [9.17, 15) is 4.79 Å². The number of anilines is 2. The average molecular weight is 220 g/mol. The molecular formula is C12H16N2O2. The Kier molecular flexibility index (Phi) is 3.41. The largest absolute Gasteiger partial charge is 0.378 e. The summed E-state index contributed by atoms with van der Waals surface area (Å²) in [5.41, 5.74) is 1.94. The van der Waals surface area contributed by atoms with Crippen LogP contribution in [0.5, 0.6) is 0 Å². The molecule has 1 saturated heterocycles. The number of rotatable bonds is 2. The molecule has 0 bridgehead atoms. The van der Waals surface area contributed by atoms with Crippen molar-refractivity contribution in [3.05, 3.63) is 24.3 Å². The number of nitrogens with zero attached hydrogens (tertiary/aromatic N) is 1. The standard InChI is InChI=1S/C12H16N2O2/c1-10(15)13-11-4-2-3-5-12(11)14-6-8-16-9-7-14/h2-5H,6-9H2,1H3,(H,13,15). The Hall–Kier alpha value is -1.55. The number of ether oxygens (including phenoxy) is 1. The Bertz CT molecular complexity index is 373. The number of morpholine rings is 1. The maximum absolute atomic E-state index is 11.1. The number of hydrogen-bond acceptors (Lipinski definition) is 3. The van der Waals surface area contributed by atoms with Crippen molar-refractivity contribution in [2.24, 2.45) is 0 Å². The van der Waals surface area contributed by atoms with Crippen molar-refractivity contribution < 1.29 is 9.53 Å². The molecule has 1 fully saturated rings. The van der Waals surface area contributed by atoms with Crippen LogP contribution in [-0.4, -0.2) is 32.2 Å². The van der Waals surface area contributed by atoms with Gasteiger partial charge in [0, 0.05) is 20.0 Å². The SMILES string of the molecule is CC(=O)Nc1ccccc1N1CCOCC1. The van der Waals surface area contributed by atoms with Crippen molar-refractivity contribution in [1.29, 1.82) is 0 Å². The topological polar surface area (TPSA) is 41.6 Å². The molecule has 0 saturated carbocycles. The predicted molar refractivity (Wildman–Crippen MR) is 63.8 cm³/mol. The van der Waals surface area contributed by atoms with Crippen LogP contribution in [0.4, 0.5) is 11.4 Å². The van der Waals surface area contributed by atoms with E-state index in [2.05, 4.69) is 10.2 Å². The van der Waals surface area contributed by atoms with Gasteiger partial charge in [0.25, 0.3) is 0 Å². The van der Waals surface area contributed by atoms with Crippen LogP contribution in [0.3, 0.4) is 0 Å². The first-order valence-corrected chi connectivity index (χ1v) is 5.46. The summed E-state index contributed by atoms with van der Waals surface area (Å²) < 4.78 is 5.31. The summed E-state index contributed by atoms with van der Waals surface area (Å²) >= 11 is 0. The van der Waals surface area contributed by atoms with Crippen LogP contribution >= 0.6 is 0 Å². The highest BCUT2D eigenvalue weighted by Gasteiger charge is 2.14. The Labute approximate surface area is 95.2 Å². The number of carbonyl (C=O) groups is 1. The quantitative estimate of drug-likeness (QED) is 0.820. The molecule has 0 aliphatic carbocycles. The van der Waals surface area contributed by atoms with Crippen molar-refractivity contribution >= 4 is 17.3 Å². The molecule has 0 unspecified atom stereocenters. The van der Waals surface area contributed by atoms with Gasteiger partial charge < -0.3 is 15.0 Å². The molecule has 1 amide bonds. The van der Waals surface area contributed by atoms with E-state index in [1.54, 1.807) is 0 Å². The third kappa shape index (κ3) is 2.52. The van der Waals surface area contributed by atoms with Crippen LogP contribution in [0.1, 0.15) is 6.92 Å². The van der Waals surface area contributed by atoms with Crippen LogP contribution in [0.25, 0.3) is 0 Å². The minimum absolute atomic E-state index is 0.0410. The zero-order valence-electron chi connectivity index (χ0n) is 9.40.